The Bertz CT molecular complexity index is 2330. The third-order valence-corrected chi connectivity index (χ3v) is 17.7. The average molecular weight is 941 g/mol. The molecule has 0 radical (unpaired) electrons. The third kappa shape index (κ3) is 8.86. The number of hydrogen-bond donors (Lipinski definition) is 2. The van der Waals surface area contributed by atoms with E-state index in [1.807, 2.05) is 73.7 Å². The Hall–Kier alpha value is -4.48. The zero-order chi connectivity index (χ0) is 44.9. The lowest BCUT2D eigenvalue weighted by Crippen LogP contribution is -2.66. The van der Waals surface area contributed by atoms with E-state index in [1.54, 1.807) is 18.2 Å². The number of amides is 2. The molecule has 62 heavy (non-hydrogen) atoms. The van der Waals surface area contributed by atoms with Crippen molar-refractivity contribution in [3.8, 4) is 5.75 Å². The first kappa shape index (κ1) is 45.5. The fourth-order valence-corrected chi connectivity index (χ4v) is 14.4. The van der Waals surface area contributed by atoms with Crippen LogP contribution in [0.2, 0.25) is 11.4 Å². The minimum atomic E-state index is -5.21. The largest absolute Gasteiger partial charge is 0.507 e. The molecule has 326 valence electrons. The summed E-state index contributed by atoms with van der Waals surface area (Å²) in [6, 6.07) is 25.4. The van der Waals surface area contributed by atoms with E-state index in [-0.39, 0.29) is 37.6 Å². The number of allylic oxidation sites excluding steroid dienone is 1. The predicted octanol–water partition coefficient (Wildman–Crippen LogP) is 9.95. The van der Waals surface area contributed by atoms with Crippen LogP contribution in [0.25, 0.3) is 6.08 Å². The van der Waals surface area contributed by atoms with Crippen LogP contribution in [0.15, 0.2) is 118 Å². The molecule has 0 aromatic heterocycles. The van der Waals surface area contributed by atoms with Crippen LogP contribution in [-0.2, 0) is 31.0 Å². The first-order chi connectivity index (χ1) is 29.1. The molecular formula is C46H45BBrF6NO6Si. The molecule has 3 aliphatic rings. The Morgan fingerprint density at radius 1 is 0.871 bits per heavy atom. The molecule has 2 N–H and O–H groups in total. The molecule has 16 heteroatoms. The summed E-state index contributed by atoms with van der Waals surface area (Å²) in [4.78, 5) is 29.4. The molecule has 2 saturated heterocycles. The van der Waals surface area contributed by atoms with Gasteiger partial charge >= 0.3 is 19.5 Å². The zero-order valence-electron chi connectivity index (χ0n) is 34.4. The van der Waals surface area contributed by atoms with Crippen molar-refractivity contribution in [2.45, 2.75) is 76.8 Å². The summed E-state index contributed by atoms with van der Waals surface area (Å²) in [5.74, 6) is -5.07. The van der Waals surface area contributed by atoms with E-state index in [0.717, 1.165) is 20.4 Å². The van der Waals surface area contributed by atoms with Crippen molar-refractivity contribution in [3.05, 3.63) is 135 Å². The van der Waals surface area contributed by atoms with Crippen molar-refractivity contribution in [3.63, 3.8) is 0 Å². The summed E-state index contributed by atoms with van der Waals surface area (Å²) >= 11 is 3.43. The van der Waals surface area contributed by atoms with Gasteiger partial charge in [-0.2, -0.15) is 26.3 Å². The molecule has 2 amide bonds. The number of nitrogens with zero attached hydrogens (tertiary/aromatic N) is 1. The number of phenols is 1. The second-order valence-electron chi connectivity index (χ2n) is 17.3. The molecule has 1 aliphatic carbocycles. The average Bonchev–Trinajstić information content (AvgIpc) is 3.46. The molecule has 0 saturated carbocycles. The lowest BCUT2D eigenvalue weighted by Gasteiger charge is -2.46. The van der Waals surface area contributed by atoms with Gasteiger partial charge in [0.1, 0.15) is 5.75 Å². The van der Waals surface area contributed by atoms with Crippen LogP contribution in [0.1, 0.15) is 63.6 Å². The minimum absolute atomic E-state index is 0.0394. The molecular weight excluding hydrogens is 895 g/mol. The molecule has 4 aromatic carbocycles. The number of alkyl halides is 6. The van der Waals surface area contributed by atoms with Crippen LogP contribution in [-0.4, -0.2) is 50.1 Å². The number of halogens is 7. The Morgan fingerprint density at radius 3 is 2.00 bits per heavy atom. The number of hydrogen-bond acceptors (Lipinski definition) is 6. The highest BCUT2D eigenvalue weighted by molar-refractivity contribution is 9.10. The molecule has 0 bridgehead atoms. The first-order valence-electron chi connectivity index (χ1n) is 20.2. The van der Waals surface area contributed by atoms with Crippen LogP contribution in [0, 0.1) is 17.8 Å². The molecule has 0 spiro atoms. The first-order valence-corrected chi connectivity index (χ1v) is 22.9. The number of imide groups is 1. The van der Waals surface area contributed by atoms with Gasteiger partial charge in [-0.05, 0) is 101 Å². The van der Waals surface area contributed by atoms with Crippen molar-refractivity contribution < 1.29 is 55.1 Å². The standard InChI is InChI=1S/C46H45BBrF6NO6Si/c1-27(19-28-20-32(48)16-17-38(28)56)15-18-39-40-29(26-60-62(44(2,3)4,34-11-7-5-8-12-34)35-13-9-6-10-14-35)21-36-41(37(40)25-47(59)61-39)43(58)55(42(36)57)33-23-30(45(49,50)51)22-31(24-33)46(52,53)54/h5-14,16-17,19-20,22-24,36-37,39,41,56,59H,15,18,21,25-26H2,1-4H3/b27-19+/t36-,37+,39-,41-/m1/s1. The highest BCUT2D eigenvalue weighted by Gasteiger charge is 2.59. The summed E-state index contributed by atoms with van der Waals surface area (Å²) in [6.07, 6.45) is -8.98. The minimum Gasteiger partial charge on any atom is -0.507 e. The molecule has 0 unspecified atom stereocenters. The predicted molar refractivity (Wildman–Crippen MR) is 231 cm³/mol. The number of benzene rings is 4. The fourth-order valence-electron chi connectivity index (χ4n) is 9.51. The summed E-state index contributed by atoms with van der Waals surface area (Å²) in [7, 11) is -4.64. The van der Waals surface area contributed by atoms with E-state index in [0.29, 0.717) is 40.2 Å². The van der Waals surface area contributed by atoms with Gasteiger partial charge in [0.05, 0.1) is 41.4 Å². The lowest BCUT2D eigenvalue weighted by atomic mass is 9.58. The molecule has 7 nitrogen and oxygen atoms in total. The van der Waals surface area contributed by atoms with Gasteiger partial charge in [-0.3, -0.25) is 9.59 Å². The highest BCUT2D eigenvalue weighted by Crippen LogP contribution is 2.52. The van der Waals surface area contributed by atoms with E-state index < -0.39 is 85.3 Å². The van der Waals surface area contributed by atoms with Crippen LogP contribution in [0.4, 0.5) is 32.0 Å². The number of phenolic OH excluding ortho intramolecular Hbond substituents is 1. The van der Waals surface area contributed by atoms with E-state index in [4.69, 9.17) is 9.08 Å². The van der Waals surface area contributed by atoms with Crippen LogP contribution >= 0.6 is 15.9 Å². The van der Waals surface area contributed by atoms with E-state index in [2.05, 4.69) is 36.7 Å². The molecule has 2 aliphatic heterocycles. The quantitative estimate of drug-likeness (QED) is 0.0712. The van der Waals surface area contributed by atoms with Crippen LogP contribution in [0.3, 0.4) is 0 Å². The number of fused-ring (bicyclic) bond motifs is 3. The Morgan fingerprint density at radius 2 is 1.45 bits per heavy atom. The second-order valence-corrected chi connectivity index (χ2v) is 22.5. The van der Waals surface area contributed by atoms with Gasteiger partial charge in [-0.25, -0.2) is 4.90 Å². The maximum absolute atomic E-state index is 14.5. The van der Waals surface area contributed by atoms with Gasteiger partial charge in [0, 0.05) is 10.0 Å². The maximum Gasteiger partial charge on any atom is 0.455 e. The number of aromatic hydroxyl groups is 1. The molecule has 2 heterocycles. The molecule has 4 atom stereocenters. The summed E-state index contributed by atoms with van der Waals surface area (Å²) in [5.41, 5.74) is -1.48. The van der Waals surface area contributed by atoms with Gasteiger partial charge in [-0.1, -0.05) is 109 Å². The fraction of sp³-hybridized carbons (Fsp3) is 0.348. The number of carbonyl (C=O) groups is 2. The number of rotatable bonds is 10. The van der Waals surface area contributed by atoms with Crippen molar-refractivity contribution in [1.82, 2.24) is 0 Å². The maximum atomic E-state index is 14.5. The third-order valence-electron chi connectivity index (χ3n) is 12.2. The van der Waals surface area contributed by atoms with E-state index >= 15 is 0 Å². The second kappa shape index (κ2) is 17.2. The number of anilines is 1. The van der Waals surface area contributed by atoms with E-state index in [9.17, 15) is 46.1 Å². The molecule has 7 rings (SSSR count). The van der Waals surface area contributed by atoms with Gasteiger partial charge in [0.25, 0.3) is 8.32 Å². The highest BCUT2D eigenvalue weighted by atomic mass is 79.9. The van der Waals surface area contributed by atoms with Gasteiger partial charge < -0.3 is 19.2 Å². The SMILES string of the molecule is C/C(=C\c1cc(Br)ccc1O)CC[C@H]1OB(O)C[C@H]2C1=C(CO[Si](c1ccccc1)(c1ccccc1)C(C)(C)C)C[C@H]1C(=O)N(c3cc(C(F)(F)F)cc(C(F)(F)F)c3)C(=O)[C@H]12. The Kier molecular flexibility index (Phi) is 12.7. The molecule has 4 aromatic rings. The van der Waals surface area contributed by atoms with Crippen LogP contribution < -0.4 is 15.3 Å². The lowest BCUT2D eigenvalue weighted by molar-refractivity contribution is -0.143. The van der Waals surface area contributed by atoms with Crippen molar-refractivity contribution >= 4 is 65.3 Å². The van der Waals surface area contributed by atoms with E-state index in [1.165, 1.54) is 0 Å². The van der Waals surface area contributed by atoms with Gasteiger partial charge in [-0.15, -0.1) is 0 Å². The van der Waals surface area contributed by atoms with Gasteiger partial charge in [0.2, 0.25) is 11.8 Å². The van der Waals surface area contributed by atoms with Crippen LogP contribution in [0.5, 0.6) is 5.75 Å². The van der Waals surface area contributed by atoms with Gasteiger partial charge in [0.15, 0.2) is 0 Å². The Balaban J connectivity index is 1.34. The topological polar surface area (TPSA) is 96.3 Å². The van der Waals surface area contributed by atoms with Crippen molar-refractivity contribution in [2.24, 2.45) is 17.8 Å². The number of carbonyl (C=O) groups excluding carboxylic acids is 2. The Labute approximate surface area is 365 Å². The van der Waals surface area contributed by atoms with Crippen molar-refractivity contribution in [1.29, 1.82) is 0 Å². The zero-order valence-corrected chi connectivity index (χ0v) is 36.9. The monoisotopic (exact) mass is 939 g/mol. The molecule has 2 fully saturated rings. The summed E-state index contributed by atoms with van der Waals surface area (Å²) in [6.45, 7) is 8.12. The smallest absolute Gasteiger partial charge is 0.455 e. The normalized spacial score (nSPS) is 21.4. The summed E-state index contributed by atoms with van der Waals surface area (Å²) < 4.78 is 98.6. The summed E-state index contributed by atoms with van der Waals surface area (Å²) in [5, 5.41) is 23.2. The van der Waals surface area contributed by atoms with Crippen molar-refractivity contribution in [2.75, 3.05) is 11.5 Å².